The number of nitrogens with zero attached hydrogens (tertiary/aromatic N) is 2. The van der Waals surface area contributed by atoms with Gasteiger partial charge in [0, 0.05) is 16.9 Å². The Morgan fingerprint density at radius 3 is 2.48 bits per heavy atom. The van der Waals surface area contributed by atoms with E-state index in [0.717, 1.165) is 28.2 Å². The lowest BCUT2D eigenvalue weighted by Crippen LogP contribution is -2.16. The summed E-state index contributed by atoms with van der Waals surface area (Å²) in [5.74, 6) is 0.562. The summed E-state index contributed by atoms with van der Waals surface area (Å²) in [5, 5.41) is 3.62. The van der Waals surface area contributed by atoms with Crippen LogP contribution in [0.15, 0.2) is 65.8 Å². The van der Waals surface area contributed by atoms with Crippen molar-refractivity contribution in [3.63, 3.8) is 0 Å². The molecule has 0 saturated heterocycles. The van der Waals surface area contributed by atoms with E-state index < -0.39 is 0 Å². The Bertz CT molecular complexity index is 926. The molecule has 138 valence electrons. The average molecular weight is 378 g/mol. The van der Waals surface area contributed by atoms with Crippen LogP contribution in [-0.4, -0.2) is 21.6 Å². The molecule has 27 heavy (non-hydrogen) atoms. The number of hydrogen-bond acceptors (Lipinski definition) is 4. The fourth-order valence-electron chi connectivity index (χ4n) is 2.79. The maximum absolute atomic E-state index is 12.4. The molecule has 0 aliphatic heterocycles. The summed E-state index contributed by atoms with van der Waals surface area (Å²) in [4.78, 5) is 21.5. The van der Waals surface area contributed by atoms with Gasteiger partial charge in [-0.25, -0.2) is 9.97 Å². The van der Waals surface area contributed by atoms with Gasteiger partial charge in [-0.15, -0.1) is 0 Å². The van der Waals surface area contributed by atoms with Gasteiger partial charge in [-0.3, -0.25) is 4.79 Å². The Labute approximate surface area is 164 Å². The third-order valence-corrected chi connectivity index (χ3v) is 4.94. The van der Waals surface area contributed by atoms with Gasteiger partial charge < -0.3 is 5.32 Å². The predicted molar refractivity (Wildman–Crippen MR) is 112 cm³/mol. The van der Waals surface area contributed by atoms with Crippen LogP contribution in [0.2, 0.25) is 0 Å². The highest BCUT2D eigenvalue weighted by molar-refractivity contribution is 7.99. The minimum atomic E-state index is -0.0560. The lowest BCUT2D eigenvalue weighted by molar-refractivity contribution is -0.113. The molecular formula is C22H23N3OS. The molecule has 4 nitrogen and oxygen atoms in total. The second kappa shape index (κ2) is 8.82. The number of aryl methyl sites for hydroxylation is 1. The molecule has 0 spiro atoms. The summed E-state index contributed by atoms with van der Waals surface area (Å²) in [7, 11) is 0. The molecular weight excluding hydrogens is 354 g/mol. The van der Waals surface area contributed by atoms with E-state index in [1.165, 1.54) is 11.8 Å². The van der Waals surface area contributed by atoms with Crippen LogP contribution in [0.1, 0.15) is 31.0 Å². The van der Waals surface area contributed by atoms with Crippen molar-refractivity contribution < 1.29 is 4.79 Å². The van der Waals surface area contributed by atoms with Crippen molar-refractivity contribution in [2.45, 2.75) is 31.8 Å². The van der Waals surface area contributed by atoms with Gasteiger partial charge in [0.2, 0.25) is 5.91 Å². The molecule has 0 saturated carbocycles. The van der Waals surface area contributed by atoms with Crippen molar-refractivity contribution in [2.75, 3.05) is 11.1 Å². The lowest BCUT2D eigenvalue weighted by atomic mass is 10.0. The molecule has 1 amide bonds. The largest absolute Gasteiger partial charge is 0.325 e. The highest BCUT2D eigenvalue weighted by Gasteiger charge is 2.11. The topological polar surface area (TPSA) is 54.9 Å². The van der Waals surface area contributed by atoms with Crippen LogP contribution in [0.4, 0.5) is 5.69 Å². The van der Waals surface area contributed by atoms with Gasteiger partial charge >= 0.3 is 0 Å². The van der Waals surface area contributed by atoms with Crippen molar-refractivity contribution in [3.8, 4) is 11.3 Å². The number of carbonyl (C=O) groups excluding carboxylic acids is 1. The Morgan fingerprint density at radius 2 is 1.74 bits per heavy atom. The van der Waals surface area contributed by atoms with Gasteiger partial charge in [0.1, 0.15) is 0 Å². The summed E-state index contributed by atoms with van der Waals surface area (Å²) in [6.45, 7) is 6.17. The lowest BCUT2D eigenvalue weighted by Gasteiger charge is -2.13. The number of amides is 1. The van der Waals surface area contributed by atoms with Crippen molar-refractivity contribution in [2.24, 2.45) is 0 Å². The molecule has 0 fully saturated rings. The number of aromatic nitrogens is 2. The number of hydrogen-bond donors (Lipinski definition) is 1. The van der Waals surface area contributed by atoms with Crippen molar-refractivity contribution in [3.05, 3.63) is 71.9 Å². The van der Waals surface area contributed by atoms with Gasteiger partial charge in [0.25, 0.3) is 0 Å². The van der Waals surface area contributed by atoms with Crippen LogP contribution in [0.5, 0.6) is 0 Å². The van der Waals surface area contributed by atoms with E-state index in [1.807, 2.05) is 67.6 Å². The van der Waals surface area contributed by atoms with Crippen LogP contribution < -0.4 is 5.32 Å². The highest BCUT2D eigenvalue weighted by atomic mass is 32.2. The predicted octanol–water partition coefficient (Wildman–Crippen LogP) is 5.31. The number of nitrogens with one attached hydrogen (secondary N) is 1. The van der Waals surface area contributed by atoms with Gasteiger partial charge in [0.05, 0.1) is 11.4 Å². The van der Waals surface area contributed by atoms with Crippen molar-refractivity contribution in [1.82, 2.24) is 9.97 Å². The SMILES string of the molecule is Cc1cc(-c2ccccc2)nc(SCC(=O)Nc2ccccc2C(C)C)n1. The van der Waals surface area contributed by atoms with Crippen LogP contribution >= 0.6 is 11.8 Å². The van der Waals surface area contributed by atoms with Crippen LogP contribution in [0.25, 0.3) is 11.3 Å². The molecule has 0 bridgehead atoms. The summed E-state index contributed by atoms with van der Waals surface area (Å²) >= 11 is 1.35. The first kappa shape index (κ1) is 19.1. The van der Waals surface area contributed by atoms with E-state index in [0.29, 0.717) is 11.1 Å². The zero-order chi connectivity index (χ0) is 19.2. The Balaban J connectivity index is 1.68. The molecule has 0 atom stereocenters. The molecule has 2 aromatic carbocycles. The quantitative estimate of drug-likeness (QED) is 0.467. The Kier molecular flexibility index (Phi) is 6.24. The Morgan fingerprint density at radius 1 is 1.04 bits per heavy atom. The second-order valence-corrected chi connectivity index (χ2v) is 7.56. The fourth-order valence-corrected chi connectivity index (χ4v) is 3.50. The zero-order valence-electron chi connectivity index (χ0n) is 15.8. The first-order chi connectivity index (χ1) is 13.0. The summed E-state index contributed by atoms with van der Waals surface area (Å²) in [6, 6.07) is 19.9. The van der Waals surface area contributed by atoms with Gasteiger partial charge in [-0.2, -0.15) is 0 Å². The van der Waals surface area contributed by atoms with Crippen LogP contribution in [0.3, 0.4) is 0 Å². The molecule has 0 aliphatic rings. The fraction of sp³-hybridized carbons (Fsp3) is 0.227. The van der Waals surface area contributed by atoms with Crippen molar-refractivity contribution in [1.29, 1.82) is 0 Å². The second-order valence-electron chi connectivity index (χ2n) is 6.62. The zero-order valence-corrected chi connectivity index (χ0v) is 16.6. The molecule has 1 aromatic heterocycles. The molecule has 3 aromatic rings. The molecule has 5 heteroatoms. The molecule has 0 unspecified atom stereocenters. The standard InChI is InChI=1S/C22H23N3OS/c1-15(2)18-11-7-8-12-19(18)24-21(26)14-27-22-23-16(3)13-20(25-22)17-9-5-4-6-10-17/h4-13,15H,14H2,1-3H3,(H,24,26). The maximum atomic E-state index is 12.4. The summed E-state index contributed by atoms with van der Waals surface area (Å²) in [5.41, 5.74) is 4.80. The first-order valence-corrected chi connectivity index (χ1v) is 9.94. The molecule has 1 N–H and O–H groups in total. The molecule has 0 radical (unpaired) electrons. The average Bonchev–Trinajstić information content (AvgIpc) is 2.67. The number of benzene rings is 2. The molecule has 0 aliphatic carbocycles. The molecule has 1 heterocycles. The minimum absolute atomic E-state index is 0.0560. The minimum Gasteiger partial charge on any atom is -0.325 e. The third-order valence-electron chi connectivity index (χ3n) is 4.09. The number of para-hydroxylation sites is 1. The van der Waals surface area contributed by atoms with E-state index in [4.69, 9.17) is 0 Å². The maximum Gasteiger partial charge on any atom is 0.234 e. The van der Waals surface area contributed by atoms with E-state index >= 15 is 0 Å². The van der Waals surface area contributed by atoms with E-state index in [1.54, 1.807) is 0 Å². The van der Waals surface area contributed by atoms with Crippen LogP contribution in [0, 0.1) is 6.92 Å². The first-order valence-electron chi connectivity index (χ1n) is 8.95. The number of rotatable bonds is 6. The normalized spacial score (nSPS) is 10.8. The van der Waals surface area contributed by atoms with E-state index in [-0.39, 0.29) is 11.7 Å². The number of carbonyl (C=O) groups is 1. The number of thioether (sulfide) groups is 1. The summed E-state index contributed by atoms with van der Waals surface area (Å²) in [6.07, 6.45) is 0. The monoisotopic (exact) mass is 377 g/mol. The van der Waals surface area contributed by atoms with Gasteiger partial charge in [0.15, 0.2) is 5.16 Å². The van der Waals surface area contributed by atoms with E-state index in [9.17, 15) is 4.79 Å². The third kappa shape index (κ3) is 5.17. The highest BCUT2D eigenvalue weighted by Crippen LogP contribution is 2.25. The van der Waals surface area contributed by atoms with E-state index in [2.05, 4.69) is 29.1 Å². The Hall–Kier alpha value is -2.66. The molecule has 3 rings (SSSR count). The van der Waals surface area contributed by atoms with Gasteiger partial charge in [-0.05, 0) is 30.5 Å². The summed E-state index contributed by atoms with van der Waals surface area (Å²) < 4.78 is 0. The van der Waals surface area contributed by atoms with Gasteiger partial charge in [-0.1, -0.05) is 74.1 Å². The van der Waals surface area contributed by atoms with Crippen LogP contribution in [-0.2, 0) is 4.79 Å². The number of anilines is 1. The smallest absolute Gasteiger partial charge is 0.234 e. The van der Waals surface area contributed by atoms with Crippen molar-refractivity contribution >= 4 is 23.4 Å².